The molecule has 2 N–H and O–H groups in total. The quantitative estimate of drug-likeness (QED) is 0.681. The van der Waals surface area contributed by atoms with E-state index in [4.69, 9.17) is 4.74 Å². The van der Waals surface area contributed by atoms with Crippen molar-refractivity contribution in [3.8, 4) is 0 Å². The Morgan fingerprint density at radius 3 is 2.80 bits per heavy atom. The van der Waals surface area contributed by atoms with Gasteiger partial charge in [0.1, 0.15) is 0 Å². The van der Waals surface area contributed by atoms with Crippen LogP contribution in [0.5, 0.6) is 0 Å². The second-order valence-electron chi connectivity index (χ2n) is 3.24. The Kier molecular flexibility index (Phi) is 4.15. The Bertz CT molecular complexity index is 297. The molecule has 0 aromatic rings. The molecule has 0 saturated carbocycles. The summed E-state index contributed by atoms with van der Waals surface area (Å²) < 4.78 is 4.91. The summed E-state index contributed by atoms with van der Waals surface area (Å²) in [6, 6.07) is -0.258. The lowest BCUT2D eigenvalue weighted by molar-refractivity contribution is -0.138. The summed E-state index contributed by atoms with van der Waals surface area (Å²) >= 11 is 0. The molecule has 0 bridgehead atoms. The van der Waals surface area contributed by atoms with Gasteiger partial charge in [0.05, 0.1) is 18.7 Å². The summed E-state index contributed by atoms with van der Waals surface area (Å²) in [6.45, 7) is 4.34. The number of nitrogens with one attached hydrogen (secondary N) is 2. The van der Waals surface area contributed by atoms with Crippen LogP contribution >= 0.6 is 0 Å². The third-order valence-electron chi connectivity index (χ3n) is 2.08. The van der Waals surface area contributed by atoms with Crippen molar-refractivity contribution in [3.63, 3.8) is 0 Å². The van der Waals surface area contributed by atoms with Gasteiger partial charge in [-0.05, 0) is 13.3 Å². The predicted octanol–water partition coefficient (Wildman–Crippen LogP) is 0.916. The molecule has 0 fully saturated rings. The molecule has 5 nitrogen and oxygen atoms in total. The van der Waals surface area contributed by atoms with E-state index in [1.165, 1.54) is 0 Å². The average Bonchev–Trinajstić information content (AvgIpc) is 2.18. The van der Waals surface area contributed by atoms with Gasteiger partial charge in [-0.15, -0.1) is 0 Å². The molecular formula is C10H16N2O3. The molecule has 84 valence electrons. The number of hydrogen-bond acceptors (Lipinski definition) is 3. The average molecular weight is 212 g/mol. The molecule has 5 heteroatoms. The van der Waals surface area contributed by atoms with Crippen molar-refractivity contribution in [1.29, 1.82) is 0 Å². The second-order valence-corrected chi connectivity index (χ2v) is 3.24. The molecule has 0 aliphatic carbocycles. The Labute approximate surface area is 88.9 Å². The van der Waals surface area contributed by atoms with E-state index in [0.717, 1.165) is 6.42 Å². The molecule has 1 aliphatic rings. The highest BCUT2D eigenvalue weighted by molar-refractivity contribution is 5.93. The van der Waals surface area contributed by atoms with E-state index in [1.54, 1.807) is 6.92 Å². The van der Waals surface area contributed by atoms with E-state index in [-0.39, 0.29) is 18.5 Å². The van der Waals surface area contributed by atoms with E-state index in [1.807, 2.05) is 6.92 Å². The van der Waals surface area contributed by atoms with E-state index < -0.39 is 0 Å². The standard InChI is InChI=1S/C10H16N2O3/c1-3-5-8-7(9(13)15-4-2)6-11-10(14)12-8/h3-6H2,1-2H3,(H2,11,12,14). The van der Waals surface area contributed by atoms with Crippen LogP contribution in [0.2, 0.25) is 0 Å². The zero-order valence-electron chi connectivity index (χ0n) is 9.05. The van der Waals surface area contributed by atoms with Gasteiger partial charge in [-0.25, -0.2) is 9.59 Å². The maximum absolute atomic E-state index is 11.5. The number of carbonyl (C=O) groups is 2. The normalized spacial score (nSPS) is 15.7. The molecule has 0 radical (unpaired) electrons. The van der Waals surface area contributed by atoms with Crippen LogP contribution in [-0.4, -0.2) is 25.2 Å². The highest BCUT2D eigenvalue weighted by Gasteiger charge is 2.22. The zero-order valence-corrected chi connectivity index (χ0v) is 9.05. The summed E-state index contributed by atoms with van der Waals surface area (Å²) in [5.41, 5.74) is 1.21. The van der Waals surface area contributed by atoms with Gasteiger partial charge in [0.2, 0.25) is 0 Å². The van der Waals surface area contributed by atoms with Crippen LogP contribution in [0.25, 0.3) is 0 Å². The summed E-state index contributed by atoms with van der Waals surface area (Å²) in [5, 5.41) is 5.19. The molecule has 0 spiro atoms. The lowest BCUT2D eigenvalue weighted by atomic mass is 10.1. The van der Waals surface area contributed by atoms with Crippen LogP contribution in [0.3, 0.4) is 0 Å². The van der Waals surface area contributed by atoms with E-state index >= 15 is 0 Å². The molecule has 0 aromatic carbocycles. The van der Waals surface area contributed by atoms with Crippen LogP contribution < -0.4 is 10.6 Å². The topological polar surface area (TPSA) is 67.4 Å². The lowest BCUT2D eigenvalue weighted by Crippen LogP contribution is -2.43. The number of allylic oxidation sites excluding steroid dienone is 1. The third kappa shape index (κ3) is 2.97. The smallest absolute Gasteiger partial charge is 0.337 e. The molecule has 1 heterocycles. The fraction of sp³-hybridized carbons (Fsp3) is 0.600. The molecule has 0 saturated heterocycles. The Balaban J connectivity index is 2.82. The summed E-state index contributed by atoms with van der Waals surface area (Å²) in [7, 11) is 0. The highest BCUT2D eigenvalue weighted by Crippen LogP contribution is 2.12. The number of rotatable bonds is 4. The molecular weight excluding hydrogens is 196 g/mol. The SMILES string of the molecule is CCCC1=C(C(=O)OCC)CNC(=O)N1. The Hall–Kier alpha value is -1.52. The number of carbonyl (C=O) groups excluding carboxylic acids is 2. The summed E-state index contributed by atoms with van der Waals surface area (Å²) in [4.78, 5) is 22.6. The first kappa shape index (κ1) is 11.6. The fourth-order valence-corrected chi connectivity index (χ4v) is 1.41. The van der Waals surface area contributed by atoms with E-state index in [2.05, 4.69) is 10.6 Å². The number of urea groups is 1. The van der Waals surface area contributed by atoms with Crippen LogP contribution in [0.4, 0.5) is 4.79 Å². The predicted molar refractivity (Wildman–Crippen MR) is 55.1 cm³/mol. The first-order valence-corrected chi connectivity index (χ1v) is 5.13. The summed E-state index contributed by atoms with van der Waals surface area (Å²) in [6.07, 6.45) is 1.56. The van der Waals surface area contributed by atoms with Crippen molar-refractivity contribution < 1.29 is 14.3 Å². The Morgan fingerprint density at radius 2 is 2.20 bits per heavy atom. The van der Waals surface area contributed by atoms with Gasteiger partial charge in [0, 0.05) is 5.70 Å². The van der Waals surface area contributed by atoms with Crippen molar-refractivity contribution in [2.75, 3.05) is 13.2 Å². The largest absolute Gasteiger partial charge is 0.463 e. The number of amides is 2. The molecule has 2 amide bonds. The number of ether oxygens (including phenoxy) is 1. The Morgan fingerprint density at radius 1 is 1.47 bits per heavy atom. The molecule has 0 aromatic heterocycles. The van der Waals surface area contributed by atoms with Crippen molar-refractivity contribution in [2.45, 2.75) is 26.7 Å². The minimum Gasteiger partial charge on any atom is -0.463 e. The van der Waals surface area contributed by atoms with Crippen LogP contribution in [0.15, 0.2) is 11.3 Å². The monoisotopic (exact) mass is 212 g/mol. The molecule has 0 unspecified atom stereocenters. The number of esters is 1. The van der Waals surface area contributed by atoms with Crippen molar-refractivity contribution >= 4 is 12.0 Å². The van der Waals surface area contributed by atoms with Crippen LogP contribution in [0, 0.1) is 0 Å². The van der Waals surface area contributed by atoms with Gasteiger partial charge in [-0.2, -0.15) is 0 Å². The lowest BCUT2D eigenvalue weighted by Gasteiger charge is -2.20. The van der Waals surface area contributed by atoms with Crippen molar-refractivity contribution in [2.24, 2.45) is 0 Å². The zero-order chi connectivity index (χ0) is 11.3. The molecule has 15 heavy (non-hydrogen) atoms. The van der Waals surface area contributed by atoms with Gasteiger partial charge in [0.15, 0.2) is 0 Å². The van der Waals surface area contributed by atoms with Crippen LogP contribution in [0.1, 0.15) is 26.7 Å². The maximum Gasteiger partial charge on any atom is 0.337 e. The van der Waals surface area contributed by atoms with E-state index in [0.29, 0.717) is 24.3 Å². The fourth-order valence-electron chi connectivity index (χ4n) is 1.41. The van der Waals surface area contributed by atoms with Gasteiger partial charge in [-0.1, -0.05) is 13.3 Å². The van der Waals surface area contributed by atoms with Gasteiger partial charge >= 0.3 is 12.0 Å². The third-order valence-corrected chi connectivity index (χ3v) is 2.08. The second kappa shape index (κ2) is 5.38. The molecule has 1 rings (SSSR count). The molecule has 1 aliphatic heterocycles. The van der Waals surface area contributed by atoms with Crippen molar-refractivity contribution in [3.05, 3.63) is 11.3 Å². The van der Waals surface area contributed by atoms with Crippen molar-refractivity contribution in [1.82, 2.24) is 10.6 Å². The minimum atomic E-state index is -0.353. The minimum absolute atomic E-state index is 0.250. The van der Waals surface area contributed by atoms with Gasteiger partial charge in [-0.3, -0.25) is 0 Å². The van der Waals surface area contributed by atoms with E-state index in [9.17, 15) is 9.59 Å². The van der Waals surface area contributed by atoms with Crippen LogP contribution in [-0.2, 0) is 9.53 Å². The number of hydrogen-bond donors (Lipinski definition) is 2. The van der Waals surface area contributed by atoms with Gasteiger partial charge in [0.25, 0.3) is 0 Å². The first-order chi connectivity index (χ1) is 7.19. The molecule has 0 atom stereocenters. The maximum atomic E-state index is 11.5. The summed E-state index contributed by atoms with van der Waals surface area (Å²) in [5.74, 6) is -0.353. The first-order valence-electron chi connectivity index (χ1n) is 5.13. The highest BCUT2D eigenvalue weighted by atomic mass is 16.5. The van der Waals surface area contributed by atoms with Gasteiger partial charge < -0.3 is 15.4 Å².